The summed E-state index contributed by atoms with van der Waals surface area (Å²) in [5.41, 5.74) is 0.603. The number of hydrogen-bond acceptors (Lipinski definition) is 4. The second-order valence-electron chi connectivity index (χ2n) is 5.70. The fourth-order valence-electron chi connectivity index (χ4n) is 2.92. The van der Waals surface area contributed by atoms with E-state index in [1.807, 2.05) is 38.2 Å². The minimum Gasteiger partial charge on any atom is -0.490 e. The molecule has 2 unspecified atom stereocenters. The van der Waals surface area contributed by atoms with E-state index in [0.717, 1.165) is 25.0 Å². The van der Waals surface area contributed by atoms with Crippen LogP contribution >= 0.6 is 0 Å². The number of likely N-dealkylation sites (N-methyl/N-ethyl adjacent to an activating group) is 1. The first-order valence-electron chi connectivity index (χ1n) is 7.69. The van der Waals surface area contributed by atoms with E-state index < -0.39 is 5.54 Å². The SMILES string of the molecule is CCOC(=O)C1(NC)CCCC(Oc2ccc(C)cc2)C1. The predicted molar refractivity (Wildman–Crippen MR) is 82.5 cm³/mol. The molecule has 116 valence electrons. The van der Waals surface area contributed by atoms with Crippen molar-refractivity contribution < 1.29 is 14.3 Å². The van der Waals surface area contributed by atoms with Crippen LogP contribution in [0.5, 0.6) is 5.75 Å². The van der Waals surface area contributed by atoms with Gasteiger partial charge in [-0.3, -0.25) is 4.79 Å². The summed E-state index contributed by atoms with van der Waals surface area (Å²) in [5.74, 6) is 0.700. The lowest BCUT2D eigenvalue weighted by atomic mass is 9.80. The highest BCUT2D eigenvalue weighted by Crippen LogP contribution is 2.32. The Kier molecular flexibility index (Phi) is 5.23. The van der Waals surface area contributed by atoms with Gasteiger partial charge in [-0.25, -0.2) is 0 Å². The van der Waals surface area contributed by atoms with Crippen LogP contribution in [0.3, 0.4) is 0 Å². The van der Waals surface area contributed by atoms with Gasteiger partial charge in [-0.2, -0.15) is 0 Å². The minimum atomic E-state index is -0.608. The van der Waals surface area contributed by atoms with Gasteiger partial charge in [-0.1, -0.05) is 17.7 Å². The smallest absolute Gasteiger partial charge is 0.326 e. The maximum absolute atomic E-state index is 12.3. The molecule has 4 nitrogen and oxygen atoms in total. The van der Waals surface area contributed by atoms with Crippen molar-refractivity contribution in [3.63, 3.8) is 0 Å². The van der Waals surface area contributed by atoms with Gasteiger partial charge in [0.05, 0.1) is 6.61 Å². The number of hydrogen-bond donors (Lipinski definition) is 1. The molecule has 0 bridgehead atoms. The van der Waals surface area contributed by atoms with Gasteiger partial charge in [-0.05, 0) is 52.3 Å². The lowest BCUT2D eigenvalue weighted by Crippen LogP contribution is -2.56. The van der Waals surface area contributed by atoms with E-state index in [1.54, 1.807) is 0 Å². The zero-order valence-corrected chi connectivity index (χ0v) is 13.1. The molecule has 1 fully saturated rings. The van der Waals surface area contributed by atoms with E-state index in [-0.39, 0.29) is 12.1 Å². The molecule has 0 amide bonds. The van der Waals surface area contributed by atoms with Crippen molar-refractivity contribution in [3.8, 4) is 5.75 Å². The van der Waals surface area contributed by atoms with E-state index in [1.165, 1.54) is 5.56 Å². The molecule has 2 rings (SSSR count). The predicted octanol–water partition coefficient (Wildman–Crippen LogP) is 2.84. The summed E-state index contributed by atoms with van der Waals surface area (Å²) in [4.78, 5) is 12.3. The van der Waals surface area contributed by atoms with Gasteiger partial charge in [-0.15, -0.1) is 0 Å². The molecule has 0 radical (unpaired) electrons. The van der Waals surface area contributed by atoms with Crippen molar-refractivity contribution in [2.45, 2.75) is 51.2 Å². The monoisotopic (exact) mass is 291 g/mol. The second kappa shape index (κ2) is 6.94. The molecule has 1 aromatic carbocycles. The molecular formula is C17H25NO3. The summed E-state index contributed by atoms with van der Waals surface area (Å²) in [5, 5.41) is 3.17. The molecule has 0 aromatic heterocycles. The maximum Gasteiger partial charge on any atom is 0.326 e. The number of esters is 1. The molecule has 4 heteroatoms. The van der Waals surface area contributed by atoms with Gasteiger partial charge in [0.25, 0.3) is 0 Å². The number of benzene rings is 1. The first-order valence-corrected chi connectivity index (χ1v) is 7.69. The van der Waals surface area contributed by atoms with Crippen molar-refractivity contribution in [1.82, 2.24) is 5.32 Å². The highest BCUT2D eigenvalue weighted by Gasteiger charge is 2.43. The zero-order chi connectivity index (χ0) is 15.3. The standard InChI is InChI=1S/C17H25NO3/c1-4-20-16(19)17(18-3)11-5-6-15(12-17)21-14-9-7-13(2)8-10-14/h7-10,15,18H,4-6,11-12H2,1-3H3. The Labute approximate surface area is 126 Å². The Balaban J connectivity index is 2.05. The van der Waals surface area contributed by atoms with E-state index >= 15 is 0 Å². The Morgan fingerprint density at radius 3 is 2.71 bits per heavy atom. The average molecular weight is 291 g/mol. The summed E-state index contributed by atoms with van der Waals surface area (Å²) in [7, 11) is 1.82. The van der Waals surface area contributed by atoms with Crippen LogP contribution in [0.15, 0.2) is 24.3 Å². The van der Waals surface area contributed by atoms with Crippen LogP contribution in [0.2, 0.25) is 0 Å². The van der Waals surface area contributed by atoms with Crippen molar-refractivity contribution in [2.24, 2.45) is 0 Å². The van der Waals surface area contributed by atoms with E-state index in [4.69, 9.17) is 9.47 Å². The molecule has 1 N–H and O–H groups in total. The van der Waals surface area contributed by atoms with Crippen LogP contribution in [-0.4, -0.2) is 31.3 Å². The third-order valence-corrected chi connectivity index (χ3v) is 4.17. The fraction of sp³-hybridized carbons (Fsp3) is 0.588. The number of nitrogens with one attached hydrogen (secondary N) is 1. The highest BCUT2D eigenvalue weighted by atomic mass is 16.5. The maximum atomic E-state index is 12.3. The summed E-state index contributed by atoms with van der Waals surface area (Å²) in [6.07, 6.45) is 3.41. The summed E-state index contributed by atoms with van der Waals surface area (Å²) in [6, 6.07) is 8.04. The van der Waals surface area contributed by atoms with Crippen LogP contribution in [0.1, 0.15) is 38.2 Å². The first kappa shape index (κ1) is 15.8. The molecule has 1 aliphatic carbocycles. The zero-order valence-electron chi connectivity index (χ0n) is 13.1. The lowest BCUT2D eigenvalue weighted by Gasteiger charge is -2.38. The number of ether oxygens (including phenoxy) is 2. The molecule has 0 heterocycles. The number of carbonyl (C=O) groups excluding carboxylic acids is 1. The van der Waals surface area contributed by atoms with Gasteiger partial charge in [0.1, 0.15) is 17.4 Å². The Morgan fingerprint density at radius 1 is 1.38 bits per heavy atom. The third kappa shape index (κ3) is 3.76. The van der Waals surface area contributed by atoms with Crippen LogP contribution in [-0.2, 0) is 9.53 Å². The molecule has 1 aliphatic rings. The van der Waals surface area contributed by atoms with Crippen LogP contribution in [0.4, 0.5) is 0 Å². The number of aryl methyl sites for hydroxylation is 1. The molecule has 1 aromatic rings. The summed E-state index contributed by atoms with van der Waals surface area (Å²) in [6.45, 7) is 4.30. The quantitative estimate of drug-likeness (QED) is 0.847. The molecule has 2 atom stereocenters. The fourth-order valence-corrected chi connectivity index (χ4v) is 2.92. The molecule has 1 saturated carbocycles. The lowest BCUT2D eigenvalue weighted by molar-refractivity contribution is -0.154. The third-order valence-electron chi connectivity index (χ3n) is 4.17. The molecular weight excluding hydrogens is 266 g/mol. The van der Waals surface area contributed by atoms with Gasteiger partial charge >= 0.3 is 5.97 Å². The average Bonchev–Trinajstić information content (AvgIpc) is 2.50. The van der Waals surface area contributed by atoms with Gasteiger partial charge in [0, 0.05) is 6.42 Å². The van der Waals surface area contributed by atoms with Gasteiger partial charge in [0.2, 0.25) is 0 Å². The first-order chi connectivity index (χ1) is 10.1. The van der Waals surface area contributed by atoms with Crippen molar-refractivity contribution in [2.75, 3.05) is 13.7 Å². The van der Waals surface area contributed by atoms with Crippen LogP contribution in [0.25, 0.3) is 0 Å². The summed E-state index contributed by atoms with van der Waals surface area (Å²) >= 11 is 0. The minimum absolute atomic E-state index is 0.0401. The molecule has 0 saturated heterocycles. The highest BCUT2D eigenvalue weighted by molar-refractivity contribution is 5.81. The van der Waals surface area contributed by atoms with Gasteiger partial charge in [0.15, 0.2) is 0 Å². The molecule has 0 aliphatic heterocycles. The Bertz CT molecular complexity index is 471. The second-order valence-corrected chi connectivity index (χ2v) is 5.70. The number of carbonyl (C=O) groups is 1. The Morgan fingerprint density at radius 2 is 2.10 bits per heavy atom. The normalized spacial score (nSPS) is 25.4. The number of rotatable bonds is 5. The van der Waals surface area contributed by atoms with Crippen molar-refractivity contribution in [3.05, 3.63) is 29.8 Å². The van der Waals surface area contributed by atoms with Crippen molar-refractivity contribution >= 4 is 5.97 Å². The molecule has 21 heavy (non-hydrogen) atoms. The van der Waals surface area contributed by atoms with Gasteiger partial charge < -0.3 is 14.8 Å². The largest absolute Gasteiger partial charge is 0.490 e. The topological polar surface area (TPSA) is 47.6 Å². The molecule has 0 spiro atoms. The summed E-state index contributed by atoms with van der Waals surface area (Å²) < 4.78 is 11.3. The van der Waals surface area contributed by atoms with Crippen molar-refractivity contribution in [1.29, 1.82) is 0 Å². The van der Waals surface area contributed by atoms with Crippen LogP contribution < -0.4 is 10.1 Å². The van der Waals surface area contributed by atoms with E-state index in [0.29, 0.717) is 13.0 Å². The Hall–Kier alpha value is -1.55. The van der Waals surface area contributed by atoms with Crippen LogP contribution in [0, 0.1) is 6.92 Å². The van der Waals surface area contributed by atoms with E-state index in [9.17, 15) is 4.79 Å². The van der Waals surface area contributed by atoms with E-state index in [2.05, 4.69) is 12.2 Å².